The molecule has 0 fully saturated rings. The zero-order valence-electron chi connectivity index (χ0n) is 77.4. The fraction of sp³-hybridized carbons (Fsp3) is 0.0917. The van der Waals surface area contributed by atoms with E-state index in [4.69, 9.17) is 19.9 Å². The normalized spacial score (nSPS) is 11.9. The van der Waals surface area contributed by atoms with Gasteiger partial charge in [-0.25, -0.2) is 84.7 Å². The highest BCUT2D eigenvalue weighted by molar-refractivity contribution is 5.85. The van der Waals surface area contributed by atoms with Crippen LogP contribution in [-0.4, -0.2) is 84.7 Å². The SMILES string of the molecule is Cc1cc(-c2ncccn2)nc(-c2ncccn2)c1.Cc1nc(-c2ccc(-c3ccccc3)cc2)nc(-c2ccc(-c3ccccc3)cc2)n1.Cc1nc(-c2ccc(-c3ccccc3)cc2)nc(-c2ccc3c(c2)C(C)(C)c2ccccc2-3)n1.Cc1nc(-c2ccccc2)nc(-c2ccc(-c3ccccc3)cc2)n1.Cc1nc(-c2ccccc2)nc(-c2ccc3c(c2)C(C)(C)c2ccccc2-3)n1. The Labute approximate surface area is 797 Å². The van der Waals surface area contributed by atoms with Gasteiger partial charge in [0.15, 0.2) is 58.2 Å². The third kappa shape index (κ3) is 20.1. The van der Waals surface area contributed by atoms with E-state index in [0.717, 1.165) is 84.8 Å². The summed E-state index contributed by atoms with van der Waals surface area (Å²) >= 11 is 0. The van der Waals surface area contributed by atoms with Gasteiger partial charge in [-0.3, -0.25) is 0 Å². The fourth-order valence-electron chi connectivity index (χ4n) is 17.3. The second kappa shape index (κ2) is 39.9. The molecule has 0 unspecified atom stereocenters. The minimum Gasteiger partial charge on any atom is -0.241 e. The highest BCUT2D eigenvalue weighted by atomic mass is 15.1. The van der Waals surface area contributed by atoms with Crippen LogP contribution in [0.3, 0.4) is 0 Å². The Kier molecular flexibility index (Phi) is 25.8. The minimum absolute atomic E-state index is 0.0354. The number of nitrogens with zero attached hydrogens (tertiary/aromatic N) is 17. The van der Waals surface area contributed by atoms with Crippen molar-refractivity contribution in [2.75, 3.05) is 0 Å². The van der Waals surface area contributed by atoms with E-state index in [9.17, 15) is 0 Å². The smallest absolute Gasteiger partial charge is 0.178 e. The summed E-state index contributed by atoms with van der Waals surface area (Å²) in [6.45, 7) is 18.8. The minimum atomic E-state index is -0.0554. The zero-order valence-corrected chi connectivity index (χ0v) is 77.4. The summed E-state index contributed by atoms with van der Waals surface area (Å²) in [6.07, 6.45) is 6.80. The first-order valence-electron chi connectivity index (χ1n) is 45.6. The van der Waals surface area contributed by atoms with E-state index in [2.05, 4.69) is 335 Å². The quantitative estimate of drug-likeness (QED) is 0.0988. The van der Waals surface area contributed by atoms with Gasteiger partial charge in [-0.15, -0.1) is 0 Å². The number of pyridine rings is 1. The van der Waals surface area contributed by atoms with E-state index in [0.29, 0.717) is 58.2 Å². The maximum absolute atomic E-state index is 4.88. The summed E-state index contributed by atoms with van der Waals surface area (Å²) in [7, 11) is 0. The largest absolute Gasteiger partial charge is 0.241 e. The van der Waals surface area contributed by atoms with Gasteiger partial charge in [-0.1, -0.05) is 380 Å². The van der Waals surface area contributed by atoms with Crippen LogP contribution in [0.4, 0.5) is 0 Å². The molecule has 0 atom stereocenters. The molecule has 0 saturated carbocycles. The van der Waals surface area contributed by atoms with Crippen LogP contribution in [-0.2, 0) is 10.8 Å². The summed E-state index contributed by atoms with van der Waals surface area (Å²) in [5.74, 6) is 9.70. The maximum atomic E-state index is 4.88. The molecule has 7 aromatic heterocycles. The molecule has 17 heteroatoms. The molecule has 21 aromatic rings. The molecule has 17 nitrogen and oxygen atoms in total. The predicted octanol–water partition coefficient (Wildman–Crippen LogP) is 27.6. The third-order valence-electron chi connectivity index (χ3n) is 24.3. The van der Waals surface area contributed by atoms with Crippen LogP contribution in [0.25, 0.3) is 181 Å². The van der Waals surface area contributed by atoms with Gasteiger partial charge in [0, 0.05) is 80.1 Å². The van der Waals surface area contributed by atoms with E-state index < -0.39 is 0 Å². The highest BCUT2D eigenvalue weighted by Gasteiger charge is 2.37. The van der Waals surface area contributed by atoms with Crippen molar-refractivity contribution >= 4 is 0 Å². The number of aryl methyl sites for hydroxylation is 5. The first-order valence-corrected chi connectivity index (χ1v) is 45.6. The molecular formula is C120H95N17. The topological polar surface area (TPSA) is 219 Å². The second-order valence-electron chi connectivity index (χ2n) is 34.5. The number of hydrogen-bond donors (Lipinski definition) is 0. The van der Waals surface area contributed by atoms with Crippen LogP contribution < -0.4 is 0 Å². The summed E-state index contributed by atoms with van der Waals surface area (Å²) in [5, 5.41) is 0. The Hall–Kier alpha value is -17.6. The van der Waals surface area contributed by atoms with Crippen LogP contribution in [0.2, 0.25) is 0 Å². The van der Waals surface area contributed by atoms with Crippen LogP contribution in [0.15, 0.2) is 413 Å². The van der Waals surface area contributed by atoms with Crippen molar-refractivity contribution in [2.45, 2.75) is 73.1 Å². The van der Waals surface area contributed by atoms with Gasteiger partial charge in [-0.2, -0.15) is 0 Å². The molecular weight excluding hydrogens is 1680 g/mol. The van der Waals surface area contributed by atoms with E-state index in [1.54, 1.807) is 36.9 Å². The standard InChI is InChI=1S/C31H25N3.C28H21N3.C25H21N3.C22H17N3.C14H11N5/c1-20-32-29(23-15-13-22(14-16-23)21-9-5-4-6-10-21)34-30(33-20)24-17-18-26-25-11-7-8-12-27(25)31(2,3)28(26)19-24;1-20-29-27(25-16-12-23(13-17-25)21-8-4-2-5-9-21)31-28(30-20)26-18-14-24(15-19-26)22-10-6-3-7-11-22;1-16-26-23(17-9-5-4-6-10-17)28-24(27-16)18-13-14-20-19-11-7-8-12-21(19)25(2,3)22(20)15-18;1-16-23-21(19-10-6-3-7-11-19)25-22(24-16)20-14-12-18(13-15-20)17-8-4-2-5-9-17;1-10-8-11(13-15-4-2-5-16-13)19-12(9-10)14-17-6-3-7-18-14/h4-19H,1-3H3;2-19H,1H3;4-15H,1-3H3;2-15H,1H3;2-9H,1H3. The molecule has 0 saturated heterocycles. The Bertz CT molecular complexity index is 7640. The van der Waals surface area contributed by atoms with E-state index >= 15 is 0 Å². The first kappa shape index (κ1) is 88.7. The van der Waals surface area contributed by atoms with Gasteiger partial charge >= 0.3 is 0 Å². The van der Waals surface area contributed by atoms with E-state index in [1.807, 2.05) is 168 Å². The molecule has 0 amide bonds. The molecule has 0 aliphatic heterocycles. The molecule has 660 valence electrons. The van der Waals surface area contributed by atoms with Crippen molar-refractivity contribution in [2.24, 2.45) is 0 Å². The number of fused-ring (bicyclic) bond motifs is 6. The summed E-state index contributed by atoms with van der Waals surface area (Å²) in [5.41, 5.74) is 30.5. The predicted molar refractivity (Wildman–Crippen MR) is 550 cm³/mol. The molecule has 7 heterocycles. The molecule has 0 radical (unpaired) electrons. The number of aromatic nitrogens is 17. The lowest BCUT2D eigenvalue weighted by atomic mass is 9.82. The van der Waals surface area contributed by atoms with Crippen LogP contribution in [0, 0.1) is 34.6 Å². The zero-order chi connectivity index (χ0) is 93.8. The molecule has 14 aromatic carbocycles. The summed E-state index contributed by atoms with van der Waals surface area (Å²) in [4.78, 5) is 77.1. The molecule has 2 aliphatic carbocycles. The fourth-order valence-corrected chi connectivity index (χ4v) is 17.3. The van der Waals surface area contributed by atoms with Crippen LogP contribution in [0.5, 0.6) is 0 Å². The van der Waals surface area contributed by atoms with Gasteiger partial charge in [0.05, 0.1) is 0 Å². The summed E-state index contributed by atoms with van der Waals surface area (Å²) in [6, 6.07) is 133. The molecule has 137 heavy (non-hydrogen) atoms. The lowest BCUT2D eigenvalue weighted by molar-refractivity contribution is 0.660. The Balaban J connectivity index is 0.000000111. The first-order chi connectivity index (χ1) is 66.9. The van der Waals surface area contributed by atoms with Crippen molar-refractivity contribution in [1.82, 2.24) is 84.7 Å². The average molecular weight is 1780 g/mol. The van der Waals surface area contributed by atoms with Crippen LogP contribution >= 0.6 is 0 Å². The van der Waals surface area contributed by atoms with Crippen molar-refractivity contribution in [1.29, 1.82) is 0 Å². The summed E-state index contributed by atoms with van der Waals surface area (Å²) < 4.78 is 0. The van der Waals surface area contributed by atoms with Gasteiger partial charge in [0.1, 0.15) is 34.7 Å². The molecule has 0 bridgehead atoms. The van der Waals surface area contributed by atoms with Crippen molar-refractivity contribution in [3.63, 3.8) is 0 Å². The lowest BCUT2D eigenvalue weighted by Crippen LogP contribution is -2.15. The van der Waals surface area contributed by atoms with Crippen molar-refractivity contribution in [3.05, 3.63) is 464 Å². The number of rotatable bonds is 14. The van der Waals surface area contributed by atoms with E-state index in [-0.39, 0.29) is 10.8 Å². The number of hydrogen-bond acceptors (Lipinski definition) is 17. The molecule has 0 spiro atoms. The molecule has 23 rings (SSSR count). The van der Waals surface area contributed by atoms with Crippen LogP contribution in [0.1, 0.15) is 78.8 Å². The highest BCUT2D eigenvalue weighted by Crippen LogP contribution is 2.51. The van der Waals surface area contributed by atoms with Gasteiger partial charge in [0.2, 0.25) is 0 Å². The second-order valence-corrected chi connectivity index (χ2v) is 34.5. The third-order valence-corrected chi connectivity index (χ3v) is 24.3. The van der Waals surface area contributed by atoms with Gasteiger partial charge < -0.3 is 0 Å². The maximum Gasteiger partial charge on any atom is 0.178 e. The molecule has 0 N–H and O–H groups in total. The Morgan fingerprint density at radius 1 is 0.153 bits per heavy atom. The molecule has 2 aliphatic rings. The van der Waals surface area contributed by atoms with Crippen molar-refractivity contribution in [3.8, 4) is 181 Å². The van der Waals surface area contributed by atoms with Gasteiger partial charge in [0.25, 0.3) is 0 Å². The van der Waals surface area contributed by atoms with E-state index in [1.165, 1.54) is 89.0 Å². The number of benzene rings is 14. The monoisotopic (exact) mass is 1770 g/mol. The average Bonchev–Trinajstić information content (AvgIpc) is 1.58. The van der Waals surface area contributed by atoms with Crippen molar-refractivity contribution < 1.29 is 0 Å². The van der Waals surface area contributed by atoms with Gasteiger partial charge in [-0.05, 0) is 166 Å². The Morgan fingerprint density at radius 3 is 0.613 bits per heavy atom. The Morgan fingerprint density at radius 2 is 0.350 bits per heavy atom. The lowest BCUT2D eigenvalue weighted by Gasteiger charge is -2.21.